The molecule has 116 valence electrons. The van der Waals surface area contributed by atoms with Crippen molar-refractivity contribution < 1.29 is 4.79 Å². The van der Waals surface area contributed by atoms with E-state index in [-0.39, 0.29) is 17.1 Å². The molecule has 6 nitrogen and oxygen atoms in total. The molecule has 1 aliphatic rings. The van der Waals surface area contributed by atoms with Crippen molar-refractivity contribution in [3.8, 4) is 0 Å². The number of anilines is 1. The molecule has 1 aromatic carbocycles. The van der Waals surface area contributed by atoms with Gasteiger partial charge in [0.1, 0.15) is 6.33 Å². The van der Waals surface area contributed by atoms with Crippen LogP contribution >= 0.6 is 0 Å². The summed E-state index contributed by atoms with van der Waals surface area (Å²) in [6, 6.07) is 9.76. The second-order valence-electron chi connectivity index (χ2n) is 6.71. The first kappa shape index (κ1) is 14.6. The second-order valence-corrected chi connectivity index (χ2v) is 6.71. The van der Waals surface area contributed by atoms with Gasteiger partial charge < -0.3 is 5.32 Å². The van der Waals surface area contributed by atoms with Gasteiger partial charge in [-0.05, 0) is 39.2 Å². The zero-order valence-electron chi connectivity index (χ0n) is 13.1. The van der Waals surface area contributed by atoms with E-state index in [2.05, 4.69) is 20.7 Å². The average molecular weight is 299 g/mol. The third kappa shape index (κ3) is 2.95. The smallest absolute Gasteiger partial charge is 0.322 e. The van der Waals surface area contributed by atoms with Crippen LogP contribution in [0.25, 0.3) is 0 Å². The van der Waals surface area contributed by atoms with Crippen molar-refractivity contribution in [3.05, 3.63) is 42.2 Å². The lowest BCUT2D eigenvalue weighted by molar-refractivity contribution is 0.247. The monoisotopic (exact) mass is 299 g/mol. The number of nitrogens with one attached hydrogen (secondary N) is 2. The molecule has 0 radical (unpaired) electrons. The molecule has 2 aromatic rings. The number of benzene rings is 1. The quantitative estimate of drug-likeness (QED) is 0.915. The lowest BCUT2D eigenvalue weighted by Crippen LogP contribution is -2.38. The molecule has 0 spiro atoms. The Bertz CT molecular complexity index is 667. The summed E-state index contributed by atoms with van der Waals surface area (Å²) in [6.45, 7) is 6.08. The van der Waals surface area contributed by atoms with Crippen LogP contribution in [0, 0.1) is 0 Å². The Balaban J connectivity index is 1.65. The van der Waals surface area contributed by atoms with E-state index < -0.39 is 0 Å². The van der Waals surface area contributed by atoms with Gasteiger partial charge in [0, 0.05) is 0 Å². The number of carbonyl (C=O) groups excluding carboxylic acids is 1. The molecule has 0 bridgehead atoms. The topological polar surface area (TPSA) is 71.8 Å². The molecule has 1 saturated carbocycles. The zero-order valence-corrected chi connectivity index (χ0v) is 13.1. The van der Waals surface area contributed by atoms with Crippen molar-refractivity contribution in [2.75, 3.05) is 5.32 Å². The zero-order chi connectivity index (χ0) is 15.8. The Morgan fingerprint density at radius 3 is 2.45 bits per heavy atom. The molecule has 1 aromatic heterocycles. The number of rotatable bonds is 3. The predicted molar refractivity (Wildman–Crippen MR) is 84.5 cm³/mol. The van der Waals surface area contributed by atoms with Crippen LogP contribution in [0.1, 0.15) is 39.2 Å². The first-order valence-electron chi connectivity index (χ1n) is 7.46. The molecule has 2 N–H and O–H groups in total. The number of hydrogen-bond acceptors (Lipinski definition) is 3. The highest BCUT2D eigenvalue weighted by atomic mass is 16.2. The summed E-state index contributed by atoms with van der Waals surface area (Å²) in [7, 11) is 0. The highest BCUT2D eigenvalue weighted by Gasteiger charge is 2.45. The SMILES string of the molecule is CC(C)(C)n1cnc(NC(=O)NC2(c3ccccc3)CC2)n1. The lowest BCUT2D eigenvalue weighted by Gasteiger charge is -2.18. The van der Waals surface area contributed by atoms with Crippen molar-refractivity contribution in [1.29, 1.82) is 0 Å². The molecule has 1 aliphatic carbocycles. The van der Waals surface area contributed by atoms with Gasteiger partial charge in [0.2, 0.25) is 5.95 Å². The second kappa shape index (κ2) is 5.12. The number of amides is 2. The van der Waals surface area contributed by atoms with Crippen LogP contribution in [0.3, 0.4) is 0 Å². The molecular formula is C16H21N5O. The predicted octanol–water partition coefficient (Wildman–Crippen LogP) is 2.84. The molecule has 6 heteroatoms. The van der Waals surface area contributed by atoms with E-state index in [4.69, 9.17) is 0 Å². The number of carbonyl (C=O) groups is 1. The number of aromatic nitrogens is 3. The van der Waals surface area contributed by atoms with Gasteiger partial charge in [-0.1, -0.05) is 30.3 Å². The maximum absolute atomic E-state index is 12.2. The molecule has 3 rings (SSSR count). The van der Waals surface area contributed by atoms with Crippen molar-refractivity contribution in [1.82, 2.24) is 20.1 Å². The lowest BCUT2D eigenvalue weighted by atomic mass is 10.1. The van der Waals surface area contributed by atoms with Gasteiger partial charge in [0.15, 0.2) is 0 Å². The van der Waals surface area contributed by atoms with Crippen LogP contribution in [0.4, 0.5) is 10.7 Å². The van der Waals surface area contributed by atoms with Crippen LogP contribution in [0.2, 0.25) is 0 Å². The maximum atomic E-state index is 12.2. The molecular weight excluding hydrogens is 278 g/mol. The average Bonchev–Trinajstić information content (AvgIpc) is 3.07. The highest BCUT2D eigenvalue weighted by molar-refractivity contribution is 5.88. The summed E-state index contributed by atoms with van der Waals surface area (Å²) in [5, 5.41) is 10.0. The Hall–Kier alpha value is -2.37. The molecule has 0 aliphatic heterocycles. The first-order valence-corrected chi connectivity index (χ1v) is 7.46. The Kier molecular flexibility index (Phi) is 3.39. The molecule has 1 heterocycles. The summed E-state index contributed by atoms with van der Waals surface area (Å²) in [5.41, 5.74) is 0.738. The van der Waals surface area contributed by atoms with Crippen LogP contribution < -0.4 is 10.6 Å². The molecule has 0 unspecified atom stereocenters. The molecule has 0 atom stereocenters. The van der Waals surface area contributed by atoms with E-state index in [1.54, 1.807) is 11.0 Å². The van der Waals surface area contributed by atoms with Gasteiger partial charge in [-0.2, -0.15) is 0 Å². The maximum Gasteiger partial charge on any atom is 0.322 e. The van der Waals surface area contributed by atoms with Crippen LogP contribution in [0.15, 0.2) is 36.7 Å². The van der Waals surface area contributed by atoms with Gasteiger partial charge >= 0.3 is 6.03 Å². The number of urea groups is 1. The van der Waals surface area contributed by atoms with Gasteiger partial charge in [0.05, 0.1) is 11.1 Å². The molecule has 1 fully saturated rings. The summed E-state index contributed by atoms with van der Waals surface area (Å²) in [6.07, 6.45) is 3.53. The fraction of sp³-hybridized carbons (Fsp3) is 0.438. The Morgan fingerprint density at radius 2 is 1.91 bits per heavy atom. The third-order valence-electron chi connectivity index (χ3n) is 3.83. The Morgan fingerprint density at radius 1 is 1.23 bits per heavy atom. The molecule has 0 saturated heterocycles. The van der Waals surface area contributed by atoms with E-state index in [0.29, 0.717) is 5.95 Å². The highest BCUT2D eigenvalue weighted by Crippen LogP contribution is 2.45. The summed E-state index contributed by atoms with van der Waals surface area (Å²) >= 11 is 0. The minimum absolute atomic E-state index is 0.162. The van der Waals surface area contributed by atoms with Crippen LogP contribution in [-0.4, -0.2) is 20.8 Å². The van der Waals surface area contributed by atoms with Gasteiger partial charge in [0.25, 0.3) is 0 Å². The third-order valence-corrected chi connectivity index (χ3v) is 3.83. The van der Waals surface area contributed by atoms with Crippen molar-refractivity contribution >= 4 is 12.0 Å². The summed E-state index contributed by atoms with van der Waals surface area (Å²) < 4.78 is 1.73. The number of nitrogens with zero attached hydrogens (tertiary/aromatic N) is 3. The summed E-state index contributed by atoms with van der Waals surface area (Å²) in [4.78, 5) is 16.3. The van der Waals surface area contributed by atoms with Gasteiger partial charge in [-0.25, -0.2) is 14.5 Å². The van der Waals surface area contributed by atoms with E-state index >= 15 is 0 Å². The Labute approximate surface area is 129 Å². The molecule has 22 heavy (non-hydrogen) atoms. The van der Waals surface area contributed by atoms with E-state index in [9.17, 15) is 4.79 Å². The molecule has 2 amide bonds. The van der Waals surface area contributed by atoms with Crippen molar-refractivity contribution in [2.45, 2.75) is 44.7 Å². The van der Waals surface area contributed by atoms with Gasteiger partial charge in [-0.3, -0.25) is 5.32 Å². The fourth-order valence-electron chi connectivity index (χ4n) is 2.36. The first-order chi connectivity index (χ1) is 10.4. The van der Waals surface area contributed by atoms with Crippen molar-refractivity contribution in [3.63, 3.8) is 0 Å². The normalized spacial score (nSPS) is 16.1. The van der Waals surface area contributed by atoms with E-state index in [1.165, 1.54) is 0 Å². The standard InChI is InChI=1S/C16H21N5O/c1-15(2,3)21-11-17-13(20-21)18-14(22)19-16(9-10-16)12-7-5-4-6-8-12/h4-8,11H,9-10H2,1-3H3,(H2,18,19,20,22). The minimum atomic E-state index is -0.270. The van der Waals surface area contributed by atoms with Gasteiger partial charge in [-0.15, -0.1) is 5.10 Å². The van der Waals surface area contributed by atoms with Crippen molar-refractivity contribution in [2.24, 2.45) is 0 Å². The van der Waals surface area contributed by atoms with Crippen LogP contribution in [-0.2, 0) is 11.1 Å². The number of hydrogen-bond donors (Lipinski definition) is 2. The summed E-state index contributed by atoms with van der Waals surface area (Å²) in [5.74, 6) is 0.316. The van der Waals surface area contributed by atoms with E-state index in [1.807, 2.05) is 51.1 Å². The van der Waals surface area contributed by atoms with Crippen LogP contribution in [0.5, 0.6) is 0 Å². The minimum Gasteiger partial charge on any atom is -0.328 e. The fourth-order valence-corrected chi connectivity index (χ4v) is 2.36. The largest absolute Gasteiger partial charge is 0.328 e. The van der Waals surface area contributed by atoms with E-state index in [0.717, 1.165) is 18.4 Å².